The zero-order valence-electron chi connectivity index (χ0n) is 12.1. The zero-order chi connectivity index (χ0) is 12.5. The molecule has 0 unspecified atom stereocenters. The Morgan fingerprint density at radius 3 is 1.27 bits per heavy atom. The SMILES string of the molecule is CC.CCCC.CN1CCCC1.COC. The fraction of sp³-hybridized carbons (Fsp3) is 1.00. The minimum atomic E-state index is 1.32. The van der Waals surface area contributed by atoms with E-state index < -0.39 is 0 Å². The summed E-state index contributed by atoms with van der Waals surface area (Å²) < 4.78 is 4.25. The molecule has 0 spiro atoms. The number of hydrogen-bond donors (Lipinski definition) is 0. The molecule has 0 N–H and O–H groups in total. The van der Waals surface area contributed by atoms with Crippen molar-refractivity contribution in [1.82, 2.24) is 4.90 Å². The van der Waals surface area contributed by atoms with E-state index in [0.717, 1.165) is 0 Å². The monoisotopic (exact) mass is 219 g/mol. The first kappa shape index (κ1) is 20.3. The van der Waals surface area contributed by atoms with Crippen LogP contribution in [0.4, 0.5) is 0 Å². The Morgan fingerprint density at radius 2 is 1.20 bits per heavy atom. The second-order valence-corrected chi connectivity index (χ2v) is 3.42. The van der Waals surface area contributed by atoms with Gasteiger partial charge in [-0.05, 0) is 33.0 Å². The predicted octanol–water partition coefficient (Wildman–Crippen LogP) is 3.81. The molecule has 0 radical (unpaired) electrons. The average molecular weight is 219 g/mol. The lowest BCUT2D eigenvalue weighted by atomic mass is 10.4. The van der Waals surface area contributed by atoms with Crippen molar-refractivity contribution in [2.75, 3.05) is 34.4 Å². The van der Waals surface area contributed by atoms with Crippen molar-refractivity contribution in [2.45, 2.75) is 53.4 Å². The Balaban J connectivity index is -0.000000142. The van der Waals surface area contributed by atoms with Crippen LogP contribution in [0.15, 0.2) is 0 Å². The lowest BCUT2D eigenvalue weighted by molar-refractivity contribution is 0.277. The first-order chi connectivity index (χ1) is 7.22. The Hall–Kier alpha value is -0.0800. The van der Waals surface area contributed by atoms with E-state index in [0.29, 0.717) is 0 Å². The van der Waals surface area contributed by atoms with Gasteiger partial charge in [0, 0.05) is 14.2 Å². The Kier molecular flexibility index (Phi) is 32.0. The molecule has 2 heteroatoms. The standard InChI is InChI=1S/C5H11N.C4H10.C2H6O.C2H6/c1-6-4-2-3-5-6;1-3-4-2;1-3-2;1-2/h2-5H2,1H3;3-4H2,1-2H3;1-2H3;1-2H3. The maximum absolute atomic E-state index is 4.25. The number of nitrogens with zero attached hydrogens (tertiary/aromatic N) is 1. The third-order valence-corrected chi connectivity index (χ3v) is 1.83. The highest BCUT2D eigenvalue weighted by Crippen LogP contribution is 2.02. The zero-order valence-corrected chi connectivity index (χ0v) is 12.1. The summed E-state index contributed by atoms with van der Waals surface area (Å²) in [6.45, 7) is 11.0. The van der Waals surface area contributed by atoms with Crippen LogP contribution in [0.5, 0.6) is 0 Å². The molecule has 0 aromatic heterocycles. The number of methoxy groups -OCH3 is 1. The summed E-state index contributed by atoms with van der Waals surface area (Å²) >= 11 is 0. The summed E-state index contributed by atoms with van der Waals surface area (Å²) in [4.78, 5) is 2.36. The fourth-order valence-corrected chi connectivity index (χ4v) is 0.875. The molecule has 96 valence electrons. The van der Waals surface area contributed by atoms with Gasteiger partial charge in [-0.15, -0.1) is 0 Å². The molecular weight excluding hydrogens is 186 g/mol. The third-order valence-electron chi connectivity index (χ3n) is 1.83. The fourth-order valence-electron chi connectivity index (χ4n) is 0.875. The van der Waals surface area contributed by atoms with Crippen molar-refractivity contribution in [3.8, 4) is 0 Å². The molecule has 0 amide bonds. The third kappa shape index (κ3) is 31.5. The van der Waals surface area contributed by atoms with E-state index in [1.807, 2.05) is 13.8 Å². The van der Waals surface area contributed by atoms with Crippen LogP contribution in [0.1, 0.15) is 53.4 Å². The Morgan fingerprint density at radius 1 is 0.933 bits per heavy atom. The van der Waals surface area contributed by atoms with E-state index in [1.165, 1.54) is 38.8 Å². The maximum Gasteiger partial charge on any atom is 0.0351 e. The summed E-state index contributed by atoms with van der Waals surface area (Å²) in [6.07, 6.45) is 5.47. The molecule has 15 heavy (non-hydrogen) atoms. The molecular formula is C13H33NO. The van der Waals surface area contributed by atoms with Crippen LogP contribution < -0.4 is 0 Å². The van der Waals surface area contributed by atoms with Crippen LogP contribution in [-0.4, -0.2) is 39.3 Å². The summed E-state index contributed by atoms with van der Waals surface area (Å²) in [5.41, 5.74) is 0. The molecule has 0 saturated carbocycles. The van der Waals surface area contributed by atoms with Crippen LogP contribution >= 0.6 is 0 Å². The van der Waals surface area contributed by atoms with Gasteiger partial charge in [0.2, 0.25) is 0 Å². The minimum Gasteiger partial charge on any atom is -0.388 e. The van der Waals surface area contributed by atoms with E-state index in [-0.39, 0.29) is 0 Å². The van der Waals surface area contributed by atoms with Crippen molar-refractivity contribution in [3.63, 3.8) is 0 Å². The van der Waals surface area contributed by atoms with Crippen LogP contribution in [0.3, 0.4) is 0 Å². The van der Waals surface area contributed by atoms with Gasteiger partial charge in [-0.1, -0.05) is 40.5 Å². The molecule has 0 bridgehead atoms. The molecule has 0 aromatic rings. The lowest BCUT2D eigenvalue weighted by Gasteiger charge is -2.01. The van der Waals surface area contributed by atoms with Gasteiger partial charge in [-0.2, -0.15) is 0 Å². The van der Waals surface area contributed by atoms with Gasteiger partial charge in [0.1, 0.15) is 0 Å². The van der Waals surface area contributed by atoms with Crippen LogP contribution in [0, 0.1) is 0 Å². The Bertz CT molecular complexity index is 68.9. The highest BCUT2D eigenvalue weighted by molar-refractivity contribution is 4.59. The maximum atomic E-state index is 4.25. The second-order valence-electron chi connectivity index (χ2n) is 3.42. The van der Waals surface area contributed by atoms with Gasteiger partial charge in [0.15, 0.2) is 0 Å². The first-order valence-electron chi connectivity index (χ1n) is 6.31. The molecule has 0 aliphatic carbocycles. The largest absolute Gasteiger partial charge is 0.388 e. The molecule has 1 heterocycles. The van der Waals surface area contributed by atoms with E-state index in [4.69, 9.17) is 0 Å². The van der Waals surface area contributed by atoms with Crippen molar-refractivity contribution in [3.05, 3.63) is 0 Å². The van der Waals surface area contributed by atoms with Crippen LogP contribution in [0.25, 0.3) is 0 Å². The minimum absolute atomic E-state index is 1.32. The van der Waals surface area contributed by atoms with Gasteiger partial charge in [-0.25, -0.2) is 0 Å². The van der Waals surface area contributed by atoms with Crippen LogP contribution in [-0.2, 0) is 4.74 Å². The molecule has 0 atom stereocenters. The topological polar surface area (TPSA) is 12.5 Å². The smallest absolute Gasteiger partial charge is 0.0351 e. The first-order valence-corrected chi connectivity index (χ1v) is 6.31. The van der Waals surface area contributed by atoms with Gasteiger partial charge >= 0.3 is 0 Å². The van der Waals surface area contributed by atoms with Crippen molar-refractivity contribution >= 4 is 0 Å². The van der Waals surface area contributed by atoms with E-state index in [2.05, 4.69) is 30.5 Å². The van der Waals surface area contributed by atoms with E-state index >= 15 is 0 Å². The highest BCUT2D eigenvalue weighted by Gasteiger charge is 2.03. The molecule has 1 aliphatic heterocycles. The van der Waals surface area contributed by atoms with Gasteiger partial charge in [-0.3, -0.25) is 0 Å². The number of unbranched alkanes of at least 4 members (excludes halogenated alkanes) is 1. The average Bonchev–Trinajstić information content (AvgIpc) is 2.74. The number of rotatable bonds is 1. The highest BCUT2D eigenvalue weighted by atomic mass is 16.4. The number of ether oxygens (including phenoxy) is 1. The predicted molar refractivity (Wildman–Crippen MR) is 71.6 cm³/mol. The molecule has 1 aliphatic rings. The lowest BCUT2D eigenvalue weighted by Crippen LogP contribution is -2.10. The van der Waals surface area contributed by atoms with Crippen molar-refractivity contribution in [1.29, 1.82) is 0 Å². The van der Waals surface area contributed by atoms with Gasteiger partial charge < -0.3 is 9.64 Å². The molecule has 1 fully saturated rings. The molecule has 1 rings (SSSR count). The summed E-state index contributed by atoms with van der Waals surface area (Å²) in [5, 5.41) is 0. The summed E-state index contributed by atoms with van der Waals surface area (Å²) in [6, 6.07) is 0. The van der Waals surface area contributed by atoms with E-state index in [9.17, 15) is 0 Å². The molecule has 0 aromatic carbocycles. The molecule has 1 saturated heterocycles. The second kappa shape index (κ2) is 23.6. The normalized spacial score (nSPS) is 13.8. The molecule has 2 nitrogen and oxygen atoms in total. The van der Waals surface area contributed by atoms with Crippen molar-refractivity contribution < 1.29 is 4.74 Å². The van der Waals surface area contributed by atoms with Crippen LogP contribution in [0.2, 0.25) is 0 Å². The van der Waals surface area contributed by atoms with E-state index in [1.54, 1.807) is 14.2 Å². The quantitative estimate of drug-likeness (QED) is 0.665. The van der Waals surface area contributed by atoms with Gasteiger partial charge in [0.25, 0.3) is 0 Å². The Labute approximate surface area is 98.0 Å². The van der Waals surface area contributed by atoms with Gasteiger partial charge in [0.05, 0.1) is 0 Å². The van der Waals surface area contributed by atoms with Crippen molar-refractivity contribution in [2.24, 2.45) is 0 Å². The summed E-state index contributed by atoms with van der Waals surface area (Å²) in [5.74, 6) is 0. The number of hydrogen-bond acceptors (Lipinski definition) is 2. The summed E-state index contributed by atoms with van der Waals surface area (Å²) in [7, 11) is 5.42. The number of likely N-dealkylation sites (tertiary alicyclic amines) is 1.